The van der Waals surface area contributed by atoms with Crippen molar-refractivity contribution >= 4 is 5.91 Å². The van der Waals surface area contributed by atoms with E-state index in [0.717, 1.165) is 6.07 Å². The molecule has 7 heteroatoms. The van der Waals surface area contributed by atoms with Gasteiger partial charge in [-0.25, -0.2) is 4.39 Å². The Morgan fingerprint density at radius 2 is 1.95 bits per heavy atom. The van der Waals surface area contributed by atoms with Gasteiger partial charge in [-0.05, 0) is 38.2 Å². The first-order chi connectivity index (χ1) is 8.86. The Kier molecular flexibility index (Phi) is 5.29. The maximum Gasteiger partial charge on any atom is 0.419 e. The second-order valence-corrected chi connectivity index (χ2v) is 3.91. The van der Waals surface area contributed by atoms with Gasteiger partial charge in [0.1, 0.15) is 5.82 Å². The fourth-order valence-corrected chi connectivity index (χ4v) is 1.45. The summed E-state index contributed by atoms with van der Waals surface area (Å²) in [6.07, 6.45) is -4.16. The molecule has 0 atom stereocenters. The van der Waals surface area contributed by atoms with E-state index in [0.29, 0.717) is 31.6 Å². The van der Waals surface area contributed by atoms with Crippen LogP contribution in [0, 0.1) is 5.82 Å². The molecule has 0 aromatic heterocycles. The summed E-state index contributed by atoms with van der Waals surface area (Å²) < 4.78 is 50.4. The molecule has 1 amide bonds. The maximum absolute atomic E-state index is 13.0. The number of amides is 1. The zero-order chi connectivity index (χ0) is 14.5. The highest BCUT2D eigenvalue weighted by molar-refractivity contribution is 5.94. The van der Waals surface area contributed by atoms with Crippen molar-refractivity contribution in [2.24, 2.45) is 0 Å². The van der Waals surface area contributed by atoms with E-state index in [4.69, 9.17) is 0 Å². The number of rotatable bonds is 5. The molecule has 19 heavy (non-hydrogen) atoms. The topological polar surface area (TPSA) is 41.1 Å². The monoisotopic (exact) mass is 278 g/mol. The van der Waals surface area contributed by atoms with E-state index in [9.17, 15) is 22.4 Å². The fourth-order valence-electron chi connectivity index (χ4n) is 1.45. The van der Waals surface area contributed by atoms with Crippen LogP contribution < -0.4 is 10.6 Å². The molecule has 0 spiro atoms. The summed E-state index contributed by atoms with van der Waals surface area (Å²) in [6.45, 7) is 1.01. The number of nitrogens with one attached hydrogen (secondary N) is 2. The lowest BCUT2D eigenvalue weighted by Crippen LogP contribution is -2.27. The summed E-state index contributed by atoms with van der Waals surface area (Å²) >= 11 is 0. The summed E-state index contributed by atoms with van der Waals surface area (Å²) in [5, 5.41) is 5.33. The molecular formula is C12H14F4N2O. The molecule has 3 nitrogen and oxygen atoms in total. The molecule has 0 aliphatic rings. The average Bonchev–Trinajstić information content (AvgIpc) is 2.33. The molecule has 0 aliphatic carbocycles. The molecule has 1 aromatic carbocycles. The minimum absolute atomic E-state index is 0.210. The molecule has 2 N–H and O–H groups in total. The Morgan fingerprint density at radius 3 is 2.53 bits per heavy atom. The summed E-state index contributed by atoms with van der Waals surface area (Å²) in [7, 11) is 1.75. The van der Waals surface area contributed by atoms with Crippen LogP contribution in [0.1, 0.15) is 22.3 Å². The first kappa shape index (κ1) is 15.4. The van der Waals surface area contributed by atoms with Crippen molar-refractivity contribution in [2.75, 3.05) is 20.1 Å². The van der Waals surface area contributed by atoms with E-state index in [-0.39, 0.29) is 5.56 Å². The molecule has 0 saturated carbocycles. The molecule has 0 aliphatic heterocycles. The number of carbonyl (C=O) groups excluding carboxylic acids is 1. The first-order valence-electron chi connectivity index (χ1n) is 5.66. The van der Waals surface area contributed by atoms with E-state index >= 15 is 0 Å². The Labute approximate surface area is 108 Å². The van der Waals surface area contributed by atoms with Crippen LogP contribution in [0.3, 0.4) is 0 Å². The minimum Gasteiger partial charge on any atom is -0.352 e. The van der Waals surface area contributed by atoms with Crippen molar-refractivity contribution in [3.63, 3.8) is 0 Å². The van der Waals surface area contributed by atoms with Crippen molar-refractivity contribution in [1.29, 1.82) is 0 Å². The lowest BCUT2D eigenvalue weighted by atomic mass is 10.1. The second-order valence-electron chi connectivity index (χ2n) is 3.91. The number of halogens is 4. The Bertz CT molecular complexity index is 446. The maximum atomic E-state index is 13.0. The number of alkyl halides is 3. The Morgan fingerprint density at radius 1 is 1.26 bits per heavy atom. The van der Waals surface area contributed by atoms with Crippen LogP contribution in [0.2, 0.25) is 0 Å². The van der Waals surface area contributed by atoms with Crippen molar-refractivity contribution in [2.45, 2.75) is 12.6 Å². The highest BCUT2D eigenvalue weighted by Crippen LogP contribution is 2.31. The predicted octanol–water partition coefficient (Wildman–Crippen LogP) is 2.18. The van der Waals surface area contributed by atoms with E-state index < -0.39 is 23.5 Å². The zero-order valence-corrected chi connectivity index (χ0v) is 10.3. The smallest absolute Gasteiger partial charge is 0.352 e. The van der Waals surface area contributed by atoms with Gasteiger partial charge in [0.25, 0.3) is 5.91 Å². The lowest BCUT2D eigenvalue weighted by molar-refractivity contribution is -0.140. The standard InChI is InChI=1S/C12H14F4N2O/c1-17-5-2-6-18-11(19)8-3-4-10(13)9(7-8)12(14,15)16/h3-4,7,17H,2,5-6H2,1H3,(H,18,19). The van der Waals surface area contributed by atoms with Crippen molar-refractivity contribution < 1.29 is 22.4 Å². The molecule has 106 valence electrons. The molecule has 0 radical (unpaired) electrons. The van der Waals surface area contributed by atoms with Gasteiger partial charge in [-0.1, -0.05) is 0 Å². The summed E-state index contributed by atoms with van der Waals surface area (Å²) in [5.74, 6) is -2.04. The highest BCUT2D eigenvalue weighted by Gasteiger charge is 2.34. The van der Waals surface area contributed by atoms with Gasteiger partial charge in [0.2, 0.25) is 0 Å². The van der Waals surface area contributed by atoms with Crippen molar-refractivity contribution in [3.8, 4) is 0 Å². The zero-order valence-electron chi connectivity index (χ0n) is 10.3. The summed E-state index contributed by atoms with van der Waals surface area (Å²) in [5.41, 5.74) is -1.64. The molecular weight excluding hydrogens is 264 g/mol. The first-order valence-corrected chi connectivity index (χ1v) is 5.66. The quantitative estimate of drug-likeness (QED) is 0.640. The van der Waals surface area contributed by atoms with Crippen LogP contribution in [0.4, 0.5) is 17.6 Å². The highest BCUT2D eigenvalue weighted by atomic mass is 19.4. The summed E-state index contributed by atoms with van der Waals surface area (Å²) in [6, 6.07) is 2.19. The Hall–Kier alpha value is -1.63. The number of hydrogen-bond donors (Lipinski definition) is 2. The van der Waals surface area contributed by atoms with Gasteiger partial charge in [0, 0.05) is 12.1 Å². The predicted molar refractivity (Wildman–Crippen MR) is 62.3 cm³/mol. The van der Waals surface area contributed by atoms with Crippen molar-refractivity contribution in [3.05, 3.63) is 35.1 Å². The van der Waals surface area contributed by atoms with Crippen LogP contribution in [-0.4, -0.2) is 26.0 Å². The van der Waals surface area contributed by atoms with Crippen LogP contribution in [0.15, 0.2) is 18.2 Å². The molecule has 1 aromatic rings. The Balaban J connectivity index is 2.76. The second kappa shape index (κ2) is 6.51. The lowest BCUT2D eigenvalue weighted by Gasteiger charge is -2.10. The van der Waals surface area contributed by atoms with Gasteiger partial charge in [-0.2, -0.15) is 13.2 Å². The minimum atomic E-state index is -4.81. The molecule has 1 rings (SSSR count). The molecule has 0 bridgehead atoms. The van der Waals surface area contributed by atoms with E-state index in [1.807, 2.05) is 0 Å². The van der Waals surface area contributed by atoms with Gasteiger partial charge in [0.15, 0.2) is 0 Å². The van der Waals surface area contributed by atoms with Gasteiger partial charge >= 0.3 is 6.18 Å². The number of carbonyl (C=O) groups is 1. The molecule has 0 heterocycles. The molecule has 0 fully saturated rings. The molecule has 0 unspecified atom stereocenters. The largest absolute Gasteiger partial charge is 0.419 e. The van der Waals surface area contributed by atoms with E-state index in [1.54, 1.807) is 7.05 Å². The van der Waals surface area contributed by atoms with E-state index in [2.05, 4.69) is 10.6 Å². The van der Waals surface area contributed by atoms with Gasteiger partial charge in [0.05, 0.1) is 5.56 Å². The third-order valence-electron chi connectivity index (χ3n) is 2.42. The van der Waals surface area contributed by atoms with Crippen molar-refractivity contribution in [1.82, 2.24) is 10.6 Å². The third kappa shape index (κ3) is 4.51. The third-order valence-corrected chi connectivity index (χ3v) is 2.42. The fraction of sp³-hybridized carbons (Fsp3) is 0.417. The SMILES string of the molecule is CNCCCNC(=O)c1ccc(F)c(C(F)(F)F)c1. The summed E-state index contributed by atoms with van der Waals surface area (Å²) in [4.78, 5) is 11.6. The van der Waals surface area contributed by atoms with Crippen LogP contribution in [0.5, 0.6) is 0 Å². The van der Waals surface area contributed by atoms with Crippen LogP contribution in [0.25, 0.3) is 0 Å². The van der Waals surface area contributed by atoms with Crippen LogP contribution >= 0.6 is 0 Å². The van der Waals surface area contributed by atoms with Gasteiger partial charge in [-0.3, -0.25) is 4.79 Å². The number of hydrogen-bond acceptors (Lipinski definition) is 2. The normalized spacial score (nSPS) is 11.4. The van der Waals surface area contributed by atoms with Gasteiger partial charge < -0.3 is 10.6 Å². The number of benzene rings is 1. The van der Waals surface area contributed by atoms with E-state index in [1.165, 1.54) is 0 Å². The van der Waals surface area contributed by atoms with Gasteiger partial charge in [-0.15, -0.1) is 0 Å². The molecule has 0 saturated heterocycles. The average molecular weight is 278 g/mol. The van der Waals surface area contributed by atoms with Crippen LogP contribution in [-0.2, 0) is 6.18 Å².